The number of carbonyl (C=O) groups excluding carboxylic acids is 2. The summed E-state index contributed by atoms with van der Waals surface area (Å²) in [4.78, 5) is 23.5. The van der Waals surface area contributed by atoms with E-state index in [1.807, 2.05) is 0 Å². The molecule has 0 bridgehead atoms. The van der Waals surface area contributed by atoms with Crippen LogP contribution in [-0.4, -0.2) is 38.9 Å². The molecule has 0 aliphatic carbocycles. The van der Waals surface area contributed by atoms with Gasteiger partial charge in [0, 0.05) is 18.4 Å². The predicted molar refractivity (Wildman–Crippen MR) is 114 cm³/mol. The van der Waals surface area contributed by atoms with E-state index < -0.39 is 22.9 Å². The van der Waals surface area contributed by atoms with Gasteiger partial charge in [-0.2, -0.15) is 0 Å². The van der Waals surface area contributed by atoms with E-state index in [0.29, 0.717) is 34.1 Å². The van der Waals surface area contributed by atoms with Crippen molar-refractivity contribution in [3.8, 4) is 0 Å². The van der Waals surface area contributed by atoms with Crippen LogP contribution in [0.1, 0.15) is 35.6 Å². The number of fused-ring (bicyclic) bond motifs is 1. The second-order valence-electron chi connectivity index (χ2n) is 7.76. The Hall–Kier alpha value is -2.75. The number of rotatable bonds is 6. The predicted octanol–water partition coefficient (Wildman–Crippen LogP) is 1.34. The van der Waals surface area contributed by atoms with E-state index in [-0.39, 0.29) is 36.1 Å². The average Bonchev–Trinajstić information content (AvgIpc) is 3.27. The number of benzene rings is 2. The third-order valence-electron chi connectivity index (χ3n) is 5.29. The highest BCUT2D eigenvalue weighted by atomic mass is 32.2. The van der Waals surface area contributed by atoms with Crippen molar-refractivity contribution in [2.24, 2.45) is 0 Å². The molecule has 2 aromatic carbocycles. The first-order valence-corrected chi connectivity index (χ1v) is 11.5. The molecule has 2 aromatic rings. The van der Waals surface area contributed by atoms with Crippen LogP contribution in [0.3, 0.4) is 0 Å². The zero-order chi connectivity index (χ0) is 22.2. The van der Waals surface area contributed by atoms with Crippen LogP contribution in [0, 0.1) is 0 Å². The highest BCUT2D eigenvalue weighted by Crippen LogP contribution is 2.27. The van der Waals surface area contributed by atoms with Crippen LogP contribution in [0.15, 0.2) is 46.9 Å². The lowest BCUT2D eigenvalue weighted by molar-refractivity contribution is -0.135. The van der Waals surface area contributed by atoms with Crippen LogP contribution >= 0.6 is 0 Å². The van der Waals surface area contributed by atoms with E-state index in [1.165, 1.54) is 19.1 Å². The lowest BCUT2D eigenvalue weighted by Gasteiger charge is -2.11. The van der Waals surface area contributed by atoms with Crippen molar-refractivity contribution in [3.05, 3.63) is 64.2 Å². The average molecular weight is 440 g/mol. The van der Waals surface area contributed by atoms with E-state index in [0.717, 1.165) is 5.56 Å². The first-order valence-electron chi connectivity index (χ1n) is 9.87. The Morgan fingerprint density at radius 3 is 2.68 bits per heavy atom. The Morgan fingerprint density at radius 1 is 1.19 bits per heavy atom. The number of hydrogen-bond donors (Lipinski definition) is 1. The molecule has 1 saturated heterocycles. The van der Waals surface area contributed by atoms with Gasteiger partial charge in [0.2, 0.25) is 0 Å². The van der Waals surface area contributed by atoms with Gasteiger partial charge in [-0.05, 0) is 52.8 Å². The lowest BCUT2D eigenvalue weighted by atomic mass is 9.79. The van der Waals surface area contributed by atoms with Gasteiger partial charge >= 0.3 is 13.1 Å². The standard InChI is InChI=1S/C22H21BO7S/c1-14(24)8-15-3-5-21(19(9-15)11-17-6-7-29-22(17)25)31(27,28)13-16-2-4-18-12-30-23(26)20(18)10-16/h2-5,9-11,26H,6-8,12-13H2,1H3/b17-11-. The summed E-state index contributed by atoms with van der Waals surface area (Å²) in [6, 6.07) is 9.82. The normalized spacial score (nSPS) is 17.2. The first kappa shape index (κ1) is 21.5. The first-order chi connectivity index (χ1) is 14.7. The molecule has 2 heterocycles. The maximum atomic E-state index is 13.3. The highest BCUT2D eigenvalue weighted by Gasteiger charge is 2.28. The SMILES string of the molecule is CC(=O)Cc1ccc(S(=O)(=O)Cc2ccc3c(c2)B(O)OC3)c(/C=C2/CCOC2=O)c1. The van der Waals surface area contributed by atoms with Crippen LogP contribution in [0.25, 0.3) is 6.08 Å². The molecule has 2 aliphatic rings. The van der Waals surface area contributed by atoms with Crippen molar-refractivity contribution in [1.82, 2.24) is 0 Å². The molecule has 1 fully saturated rings. The number of sulfone groups is 1. The Balaban J connectivity index is 1.72. The summed E-state index contributed by atoms with van der Waals surface area (Å²) in [6.45, 7) is 2.01. The van der Waals surface area contributed by atoms with Crippen LogP contribution < -0.4 is 5.46 Å². The Morgan fingerprint density at radius 2 is 1.97 bits per heavy atom. The summed E-state index contributed by atoms with van der Waals surface area (Å²) in [5, 5.41) is 9.90. The van der Waals surface area contributed by atoms with Crippen LogP contribution in [-0.2, 0) is 47.6 Å². The fourth-order valence-corrected chi connectivity index (χ4v) is 5.34. The molecule has 1 N–H and O–H groups in total. The van der Waals surface area contributed by atoms with Gasteiger partial charge in [-0.1, -0.05) is 24.3 Å². The van der Waals surface area contributed by atoms with Gasteiger partial charge in [0.1, 0.15) is 5.78 Å². The van der Waals surface area contributed by atoms with Crippen molar-refractivity contribution in [2.45, 2.75) is 37.0 Å². The molecule has 2 aliphatic heterocycles. The molecule has 9 heteroatoms. The zero-order valence-electron chi connectivity index (χ0n) is 17.0. The Kier molecular flexibility index (Phi) is 5.83. The second kappa shape index (κ2) is 8.41. The molecule has 0 saturated carbocycles. The monoisotopic (exact) mass is 440 g/mol. The van der Waals surface area contributed by atoms with E-state index in [2.05, 4.69) is 0 Å². The van der Waals surface area contributed by atoms with Crippen molar-refractivity contribution >= 4 is 40.2 Å². The smallest absolute Gasteiger partial charge is 0.462 e. The summed E-state index contributed by atoms with van der Waals surface area (Å²) < 4.78 is 36.7. The zero-order valence-corrected chi connectivity index (χ0v) is 17.8. The minimum atomic E-state index is -3.79. The molecule has 7 nitrogen and oxygen atoms in total. The maximum absolute atomic E-state index is 13.3. The summed E-state index contributed by atoms with van der Waals surface area (Å²) >= 11 is 0. The summed E-state index contributed by atoms with van der Waals surface area (Å²) in [5.41, 5.74) is 3.34. The fourth-order valence-electron chi connectivity index (χ4n) is 3.81. The molecule has 160 valence electrons. The molecule has 0 amide bonds. The number of Topliss-reactive ketones (excluding diaryl/α,β-unsaturated/α-hetero) is 1. The van der Waals surface area contributed by atoms with Gasteiger partial charge in [0.25, 0.3) is 0 Å². The van der Waals surface area contributed by atoms with Crippen molar-refractivity contribution in [3.63, 3.8) is 0 Å². The molecule has 31 heavy (non-hydrogen) atoms. The molecule has 0 aromatic heterocycles. The number of hydrogen-bond acceptors (Lipinski definition) is 7. The quantitative estimate of drug-likeness (QED) is 0.411. The topological polar surface area (TPSA) is 107 Å². The van der Waals surface area contributed by atoms with Gasteiger partial charge in [0.15, 0.2) is 9.84 Å². The number of cyclic esters (lactones) is 1. The van der Waals surface area contributed by atoms with Gasteiger partial charge in [-0.3, -0.25) is 4.79 Å². The van der Waals surface area contributed by atoms with Gasteiger partial charge < -0.3 is 14.4 Å². The summed E-state index contributed by atoms with van der Waals surface area (Å²) in [5.74, 6) is -0.791. The minimum Gasteiger partial charge on any atom is -0.462 e. The van der Waals surface area contributed by atoms with Crippen LogP contribution in [0.2, 0.25) is 0 Å². The number of carbonyl (C=O) groups is 2. The second-order valence-corrected chi connectivity index (χ2v) is 9.72. The number of ketones is 1. The van der Waals surface area contributed by atoms with E-state index in [1.54, 1.807) is 30.3 Å². The fraction of sp³-hybridized carbons (Fsp3) is 0.273. The molecular formula is C22H21BO7S. The van der Waals surface area contributed by atoms with E-state index >= 15 is 0 Å². The van der Waals surface area contributed by atoms with Crippen molar-refractivity contribution < 1.29 is 32.4 Å². The molecule has 0 atom stereocenters. The minimum absolute atomic E-state index is 0.0478. The largest absolute Gasteiger partial charge is 0.491 e. The van der Waals surface area contributed by atoms with Crippen LogP contribution in [0.5, 0.6) is 0 Å². The molecule has 4 rings (SSSR count). The Labute approximate surface area is 180 Å². The lowest BCUT2D eigenvalue weighted by Crippen LogP contribution is -2.28. The van der Waals surface area contributed by atoms with E-state index in [9.17, 15) is 23.0 Å². The van der Waals surface area contributed by atoms with Gasteiger partial charge in [-0.15, -0.1) is 0 Å². The van der Waals surface area contributed by atoms with Gasteiger partial charge in [-0.25, -0.2) is 13.2 Å². The summed E-state index contributed by atoms with van der Waals surface area (Å²) in [7, 11) is -4.85. The van der Waals surface area contributed by atoms with Crippen molar-refractivity contribution in [2.75, 3.05) is 6.61 Å². The third kappa shape index (κ3) is 4.63. The molecule has 0 radical (unpaired) electrons. The number of esters is 1. The van der Waals surface area contributed by atoms with Crippen molar-refractivity contribution in [1.29, 1.82) is 0 Å². The molecular weight excluding hydrogens is 419 g/mol. The molecule has 0 unspecified atom stereocenters. The number of ether oxygens (including phenoxy) is 1. The van der Waals surface area contributed by atoms with Crippen LogP contribution in [0.4, 0.5) is 0 Å². The summed E-state index contributed by atoms with van der Waals surface area (Å²) in [6.07, 6.45) is 2.10. The highest BCUT2D eigenvalue weighted by molar-refractivity contribution is 7.90. The van der Waals surface area contributed by atoms with Gasteiger partial charge in [0.05, 0.1) is 23.9 Å². The third-order valence-corrected chi connectivity index (χ3v) is 7.04. The maximum Gasteiger partial charge on any atom is 0.491 e. The molecule has 0 spiro atoms. The Bertz CT molecular complexity index is 1200. The van der Waals surface area contributed by atoms with E-state index in [4.69, 9.17) is 9.39 Å².